The van der Waals surface area contributed by atoms with E-state index >= 15 is 0 Å². The fraction of sp³-hybridized carbons (Fsp3) is 0.333. The van der Waals surface area contributed by atoms with Gasteiger partial charge in [0, 0.05) is 43.8 Å². The van der Waals surface area contributed by atoms with Gasteiger partial charge in [-0.15, -0.1) is 0 Å². The van der Waals surface area contributed by atoms with Gasteiger partial charge in [0.1, 0.15) is 22.6 Å². The summed E-state index contributed by atoms with van der Waals surface area (Å²) in [6.07, 6.45) is 0. The van der Waals surface area contributed by atoms with Crippen LogP contribution in [0, 0.1) is 111 Å². The standard InChI is InChI=1S/C48H50N8/c1-17-18(2)26(10)34-33(25(17)9)41-49-42(34)54-44-37-29(13)21(5)22(6)30(14)38(37)46(51-44)56-48-40-32(16)24(8)23(7)31(15)39(40)47(52-48)55-45-36-28(12)20(4)19(3)27(11)35(36)43(50-45)53-41/h1-16H3,(H2,49,50,51,52,53,54,55,56). The number of nitrogens with one attached hydrogen (secondary N) is 2. The zero-order chi connectivity index (χ0) is 40.1. The van der Waals surface area contributed by atoms with Crippen LogP contribution in [0.15, 0.2) is 0 Å². The predicted molar refractivity (Wildman–Crippen MR) is 232 cm³/mol. The van der Waals surface area contributed by atoms with Crippen LogP contribution in [-0.4, -0.2) is 39.9 Å². The molecule has 282 valence electrons. The summed E-state index contributed by atoms with van der Waals surface area (Å²) < 4.78 is 0. The van der Waals surface area contributed by atoms with E-state index in [1.807, 2.05) is 0 Å². The lowest BCUT2D eigenvalue weighted by Crippen LogP contribution is -1.98. The van der Waals surface area contributed by atoms with Crippen LogP contribution < -0.4 is 0 Å². The minimum atomic E-state index is 0.650. The molecule has 56 heavy (non-hydrogen) atoms. The van der Waals surface area contributed by atoms with Gasteiger partial charge in [-0.05, 0) is 200 Å². The van der Waals surface area contributed by atoms with Crippen LogP contribution in [0.5, 0.6) is 0 Å². The third-order valence-electron chi connectivity index (χ3n) is 14.4. The zero-order valence-corrected chi connectivity index (χ0v) is 35.7. The van der Waals surface area contributed by atoms with E-state index in [4.69, 9.17) is 29.9 Å². The molecule has 8 bridgehead atoms. The van der Waals surface area contributed by atoms with Crippen molar-refractivity contribution in [2.45, 2.75) is 111 Å². The van der Waals surface area contributed by atoms with Crippen molar-refractivity contribution in [3.8, 4) is 45.6 Å². The molecule has 0 atom stereocenters. The number of aryl methyl sites for hydroxylation is 4. The molecule has 0 fully saturated rings. The van der Waals surface area contributed by atoms with Crippen molar-refractivity contribution in [2.24, 2.45) is 0 Å². The first-order valence-corrected chi connectivity index (χ1v) is 19.7. The number of aromatic nitrogens is 8. The van der Waals surface area contributed by atoms with E-state index in [0.29, 0.717) is 23.3 Å². The summed E-state index contributed by atoms with van der Waals surface area (Å²) >= 11 is 0. The number of hydrogen-bond acceptors (Lipinski definition) is 6. The normalized spacial score (nSPS) is 12.3. The number of rotatable bonds is 0. The number of benzene rings is 4. The quantitative estimate of drug-likeness (QED) is 0.160. The fourth-order valence-corrected chi connectivity index (χ4v) is 9.53. The highest BCUT2D eigenvalue weighted by molar-refractivity contribution is 6.11. The molecule has 0 spiro atoms. The van der Waals surface area contributed by atoms with Crippen LogP contribution in [0.4, 0.5) is 0 Å². The van der Waals surface area contributed by atoms with Gasteiger partial charge in [-0.25, -0.2) is 29.9 Å². The maximum Gasteiger partial charge on any atom is 0.165 e. The molecule has 3 aromatic heterocycles. The van der Waals surface area contributed by atoms with E-state index < -0.39 is 0 Å². The number of nitrogens with zero attached hydrogens (tertiary/aromatic N) is 6. The fourth-order valence-electron chi connectivity index (χ4n) is 9.53. The maximum atomic E-state index is 5.48. The summed E-state index contributed by atoms with van der Waals surface area (Å²) in [5.41, 5.74) is 26.4. The van der Waals surface area contributed by atoms with Crippen molar-refractivity contribution in [3.63, 3.8) is 0 Å². The largest absolute Gasteiger partial charge is 0.324 e. The molecule has 9 rings (SSSR count). The highest BCUT2D eigenvalue weighted by Gasteiger charge is 2.30. The first kappa shape index (κ1) is 35.9. The molecule has 0 aliphatic carbocycles. The van der Waals surface area contributed by atoms with Crippen molar-refractivity contribution in [2.75, 3.05) is 0 Å². The smallest absolute Gasteiger partial charge is 0.165 e. The van der Waals surface area contributed by atoms with Crippen LogP contribution in [-0.2, 0) is 0 Å². The second-order valence-electron chi connectivity index (χ2n) is 16.6. The van der Waals surface area contributed by atoms with E-state index in [0.717, 1.165) is 88.6 Å². The van der Waals surface area contributed by atoms with Crippen LogP contribution in [0.25, 0.3) is 89.7 Å². The first-order valence-electron chi connectivity index (χ1n) is 19.7. The predicted octanol–water partition coefficient (Wildman–Crippen LogP) is 11.8. The Kier molecular flexibility index (Phi) is 7.61. The molecule has 8 heteroatoms. The van der Waals surface area contributed by atoms with Crippen molar-refractivity contribution < 1.29 is 0 Å². The molecule has 7 aromatic rings. The maximum absolute atomic E-state index is 5.48. The zero-order valence-electron chi connectivity index (χ0n) is 35.7. The topological polar surface area (TPSA) is 109 Å². The minimum Gasteiger partial charge on any atom is -0.324 e. The Bertz CT molecular complexity index is 2770. The molecule has 2 aliphatic rings. The van der Waals surface area contributed by atoms with Gasteiger partial charge in [0.05, 0.1) is 0 Å². The van der Waals surface area contributed by atoms with Gasteiger partial charge in [-0.1, -0.05) is 0 Å². The summed E-state index contributed by atoms with van der Waals surface area (Å²) in [6, 6.07) is 0. The molecule has 0 radical (unpaired) electrons. The molecule has 4 aromatic carbocycles. The Hall–Kier alpha value is -5.76. The first-order chi connectivity index (χ1) is 26.4. The number of aromatic amines is 2. The van der Waals surface area contributed by atoms with Crippen molar-refractivity contribution in [1.82, 2.24) is 39.9 Å². The lowest BCUT2D eigenvalue weighted by molar-refractivity contribution is 1.19. The van der Waals surface area contributed by atoms with E-state index in [1.54, 1.807) is 0 Å². The van der Waals surface area contributed by atoms with E-state index in [2.05, 4.69) is 121 Å². The van der Waals surface area contributed by atoms with Gasteiger partial charge in [-0.2, -0.15) is 0 Å². The number of fused-ring (bicyclic) bond motifs is 20. The summed E-state index contributed by atoms with van der Waals surface area (Å²) in [6.45, 7) is 35.1. The van der Waals surface area contributed by atoms with Crippen molar-refractivity contribution >= 4 is 44.1 Å². The highest BCUT2D eigenvalue weighted by Crippen LogP contribution is 2.45. The SMILES string of the molecule is Cc1c(C)c(C)c2c(c1C)-c1nc-2nc2[nH]c(nc3nc(nc4[nH]c(n1)c1c(C)c(C)c(C)c(C)c41)-c1c(C)c(C)c(C)c(C)c1-3)c1c(C)c(C)c(C)c(C)c21. The van der Waals surface area contributed by atoms with E-state index in [1.165, 1.54) is 66.8 Å². The molecule has 8 nitrogen and oxygen atoms in total. The van der Waals surface area contributed by atoms with Gasteiger partial charge in [0.15, 0.2) is 23.3 Å². The summed E-state index contributed by atoms with van der Waals surface area (Å²) in [5.74, 6) is 2.60. The van der Waals surface area contributed by atoms with Gasteiger partial charge in [0.25, 0.3) is 0 Å². The van der Waals surface area contributed by atoms with Crippen molar-refractivity contribution in [3.05, 3.63) is 89.0 Å². The Labute approximate surface area is 328 Å². The second-order valence-corrected chi connectivity index (χ2v) is 16.6. The van der Waals surface area contributed by atoms with Crippen LogP contribution in [0.3, 0.4) is 0 Å². The Morgan fingerprint density at radius 1 is 0.214 bits per heavy atom. The average molecular weight is 739 g/mol. The molecule has 0 unspecified atom stereocenters. The second kappa shape index (κ2) is 11.9. The van der Waals surface area contributed by atoms with Gasteiger partial charge < -0.3 is 9.97 Å². The summed E-state index contributed by atoms with van der Waals surface area (Å²) in [5, 5.41) is 4.22. The van der Waals surface area contributed by atoms with Gasteiger partial charge >= 0.3 is 0 Å². The number of hydrogen-bond donors (Lipinski definition) is 2. The molecule has 0 saturated carbocycles. The Morgan fingerprint density at radius 2 is 0.393 bits per heavy atom. The summed E-state index contributed by atoms with van der Waals surface area (Å²) in [7, 11) is 0. The highest BCUT2D eigenvalue weighted by atomic mass is 15.1. The van der Waals surface area contributed by atoms with Crippen LogP contribution in [0.2, 0.25) is 0 Å². The third kappa shape index (κ3) is 4.53. The minimum absolute atomic E-state index is 0.650. The molecule has 0 saturated heterocycles. The molecule has 2 N–H and O–H groups in total. The summed E-state index contributed by atoms with van der Waals surface area (Å²) in [4.78, 5) is 40.0. The lowest BCUT2D eigenvalue weighted by Gasteiger charge is -2.15. The van der Waals surface area contributed by atoms with Crippen LogP contribution >= 0.6 is 0 Å². The van der Waals surface area contributed by atoms with Gasteiger partial charge in [-0.3, -0.25) is 0 Å². The number of H-pyrrole nitrogens is 2. The molecular formula is C48H50N8. The molecule has 0 amide bonds. The van der Waals surface area contributed by atoms with E-state index in [9.17, 15) is 0 Å². The van der Waals surface area contributed by atoms with Crippen LogP contribution in [0.1, 0.15) is 89.0 Å². The third-order valence-corrected chi connectivity index (χ3v) is 14.4. The molecule has 5 heterocycles. The van der Waals surface area contributed by atoms with Gasteiger partial charge in [0.2, 0.25) is 0 Å². The monoisotopic (exact) mass is 738 g/mol. The van der Waals surface area contributed by atoms with Crippen molar-refractivity contribution in [1.29, 1.82) is 0 Å². The lowest BCUT2D eigenvalue weighted by atomic mass is 9.89. The average Bonchev–Trinajstić information content (AvgIpc) is 3.92. The molecule has 2 aliphatic heterocycles. The Morgan fingerprint density at radius 3 is 0.589 bits per heavy atom. The Balaban J connectivity index is 1.61. The van der Waals surface area contributed by atoms with E-state index in [-0.39, 0.29) is 0 Å². The molecular weight excluding hydrogens is 689 g/mol.